The molecular weight excluding hydrogens is 418 g/mol. The molecule has 1 aromatic heterocycles. The van der Waals surface area contributed by atoms with Gasteiger partial charge in [0.15, 0.2) is 0 Å². The van der Waals surface area contributed by atoms with Crippen molar-refractivity contribution < 1.29 is 9.53 Å². The van der Waals surface area contributed by atoms with Crippen molar-refractivity contribution >= 4 is 33.1 Å². The molecule has 0 N–H and O–H groups in total. The third-order valence-electron chi connectivity index (χ3n) is 6.50. The predicted molar refractivity (Wildman–Crippen MR) is 130 cm³/mol. The maximum atomic E-state index is 13.6. The number of carbonyl (C=O) groups excluding carboxylic acids is 1. The second-order valence-corrected chi connectivity index (χ2v) is 9.66. The zero-order valence-electron chi connectivity index (χ0n) is 18.4. The molecule has 5 nitrogen and oxygen atoms in total. The largest absolute Gasteiger partial charge is 0.378 e. The number of allylic oxidation sites excluding steroid dienone is 2. The number of anilines is 1. The zero-order valence-corrected chi connectivity index (χ0v) is 19.3. The van der Waals surface area contributed by atoms with E-state index in [2.05, 4.69) is 53.5 Å². The van der Waals surface area contributed by atoms with E-state index in [9.17, 15) is 4.79 Å². The van der Waals surface area contributed by atoms with Gasteiger partial charge in [-0.15, -0.1) is 11.3 Å². The first-order valence-electron chi connectivity index (χ1n) is 11.4. The summed E-state index contributed by atoms with van der Waals surface area (Å²) >= 11 is 1.73. The average Bonchev–Trinajstić information content (AvgIpc) is 3.29. The topological polar surface area (TPSA) is 45.7 Å². The molecule has 1 aliphatic carbocycles. The van der Waals surface area contributed by atoms with E-state index in [1.807, 2.05) is 24.1 Å². The number of fused-ring (bicyclic) bond motifs is 1. The molecule has 6 heteroatoms. The molecule has 0 unspecified atom stereocenters. The van der Waals surface area contributed by atoms with Gasteiger partial charge < -0.3 is 14.5 Å². The van der Waals surface area contributed by atoms with Gasteiger partial charge in [0.1, 0.15) is 0 Å². The Morgan fingerprint density at radius 2 is 1.84 bits per heavy atom. The maximum absolute atomic E-state index is 13.6. The van der Waals surface area contributed by atoms with Gasteiger partial charge in [0.2, 0.25) is 5.91 Å². The van der Waals surface area contributed by atoms with Crippen molar-refractivity contribution in [3.8, 4) is 0 Å². The van der Waals surface area contributed by atoms with Crippen molar-refractivity contribution in [1.82, 2.24) is 9.88 Å². The van der Waals surface area contributed by atoms with Gasteiger partial charge in [-0.1, -0.05) is 42.5 Å². The zero-order chi connectivity index (χ0) is 21.9. The van der Waals surface area contributed by atoms with Crippen LogP contribution in [0.4, 0.5) is 5.69 Å². The SMILES string of the molecule is CN(Cc1ccccc1N1CCOCC1)C(=O)[C@@H]1CC=CC[C@@H]1c1nc2ccccc2s1. The van der Waals surface area contributed by atoms with Crippen LogP contribution in [0.5, 0.6) is 0 Å². The number of thiazole rings is 1. The first-order chi connectivity index (χ1) is 15.7. The predicted octanol–water partition coefficient (Wildman–Crippen LogP) is 4.84. The monoisotopic (exact) mass is 447 g/mol. The number of amides is 1. The van der Waals surface area contributed by atoms with E-state index in [4.69, 9.17) is 9.72 Å². The lowest BCUT2D eigenvalue weighted by Crippen LogP contribution is -2.38. The third kappa shape index (κ3) is 4.30. The van der Waals surface area contributed by atoms with E-state index in [1.54, 1.807) is 11.3 Å². The summed E-state index contributed by atoms with van der Waals surface area (Å²) in [6, 6.07) is 16.7. The molecule has 1 fully saturated rings. The summed E-state index contributed by atoms with van der Waals surface area (Å²) in [7, 11) is 1.94. The molecule has 5 rings (SSSR count). The fraction of sp³-hybridized carbons (Fsp3) is 0.385. The van der Waals surface area contributed by atoms with Crippen molar-refractivity contribution in [2.45, 2.75) is 25.3 Å². The van der Waals surface area contributed by atoms with E-state index in [0.29, 0.717) is 6.54 Å². The van der Waals surface area contributed by atoms with E-state index < -0.39 is 0 Å². The van der Waals surface area contributed by atoms with E-state index in [1.165, 1.54) is 16.0 Å². The molecule has 166 valence electrons. The molecule has 0 spiro atoms. The van der Waals surface area contributed by atoms with E-state index in [-0.39, 0.29) is 17.7 Å². The molecule has 0 radical (unpaired) electrons. The molecule has 0 bridgehead atoms. The third-order valence-corrected chi connectivity index (χ3v) is 7.67. The molecule has 0 saturated carbocycles. The Kier molecular flexibility index (Phi) is 6.23. The molecule has 32 heavy (non-hydrogen) atoms. The number of rotatable bonds is 5. The Hall–Kier alpha value is -2.70. The summed E-state index contributed by atoms with van der Waals surface area (Å²) in [4.78, 5) is 22.8. The lowest BCUT2D eigenvalue weighted by molar-refractivity contribution is -0.135. The molecule has 1 saturated heterocycles. The van der Waals surface area contributed by atoms with Gasteiger partial charge >= 0.3 is 0 Å². The first kappa shape index (κ1) is 21.2. The number of hydrogen-bond donors (Lipinski definition) is 0. The van der Waals surface area contributed by atoms with Gasteiger partial charge in [-0.3, -0.25) is 4.79 Å². The number of morpholine rings is 1. The Labute approximate surface area is 193 Å². The lowest BCUT2D eigenvalue weighted by Gasteiger charge is -2.33. The maximum Gasteiger partial charge on any atom is 0.226 e. The molecule has 2 atom stereocenters. The molecule has 1 amide bonds. The highest BCUT2D eigenvalue weighted by atomic mass is 32.1. The fourth-order valence-corrected chi connectivity index (χ4v) is 5.93. The quantitative estimate of drug-likeness (QED) is 0.525. The summed E-state index contributed by atoms with van der Waals surface area (Å²) in [6.45, 7) is 3.89. The molecular formula is C26H29N3O2S. The van der Waals surface area contributed by atoms with Crippen molar-refractivity contribution in [2.24, 2.45) is 5.92 Å². The van der Waals surface area contributed by atoms with Gasteiger partial charge in [0, 0.05) is 38.3 Å². The second-order valence-electron chi connectivity index (χ2n) is 8.60. The minimum atomic E-state index is -0.0684. The van der Waals surface area contributed by atoms with Crippen LogP contribution in [0.25, 0.3) is 10.2 Å². The van der Waals surface area contributed by atoms with Crippen LogP contribution in [0.2, 0.25) is 0 Å². The van der Waals surface area contributed by atoms with Gasteiger partial charge in [-0.05, 0) is 36.6 Å². The summed E-state index contributed by atoms with van der Waals surface area (Å²) in [5.74, 6) is 0.276. The number of benzene rings is 2. The van der Waals surface area contributed by atoms with Crippen LogP contribution in [-0.4, -0.2) is 49.1 Å². The van der Waals surface area contributed by atoms with Crippen molar-refractivity contribution in [3.05, 3.63) is 71.3 Å². The Morgan fingerprint density at radius 3 is 2.69 bits per heavy atom. The summed E-state index contributed by atoms with van der Waals surface area (Å²) in [5.41, 5.74) is 3.43. The van der Waals surface area contributed by atoms with Gasteiger partial charge in [0.25, 0.3) is 0 Å². The van der Waals surface area contributed by atoms with E-state index in [0.717, 1.165) is 49.7 Å². The van der Waals surface area contributed by atoms with Crippen molar-refractivity contribution in [1.29, 1.82) is 0 Å². The minimum Gasteiger partial charge on any atom is -0.378 e. The number of para-hydroxylation sites is 2. The smallest absolute Gasteiger partial charge is 0.226 e. The van der Waals surface area contributed by atoms with Crippen LogP contribution >= 0.6 is 11.3 Å². The second kappa shape index (κ2) is 9.43. The standard InChI is InChI=1S/C26H29N3O2S/c1-28(18-19-8-2-6-12-23(19)29-14-16-31-17-15-29)26(30)21-10-4-3-9-20(21)25-27-22-11-5-7-13-24(22)32-25/h2-8,11-13,20-21H,9-10,14-18H2,1H3/t20-,21+/m0/s1. The molecule has 2 aromatic carbocycles. The Morgan fingerprint density at radius 1 is 1.09 bits per heavy atom. The number of nitrogens with zero attached hydrogens (tertiary/aromatic N) is 3. The van der Waals surface area contributed by atoms with Crippen LogP contribution in [-0.2, 0) is 16.1 Å². The summed E-state index contributed by atoms with van der Waals surface area (Å²) in [5, 5.41) is 1.08. The highest BCUT2D eigenvalue weighted by Crippen LogP contribution is 2.39. The van der Waals surface area contributed by atoms with Crippen LogP contribution in [0.15, 0.2) is 60.7 Å². The number of aromatic nitrogens is 1. The normalized spacial score (nSPS) is 21.1. The van der Waals surface area contributed by atoms with Crippen LogP contribution < -0.4 is 4.90 Å². The Balaban J connectivity index is 1.35. The van der Waals surface area contributed by atoms with Crippen LogP contribution in [0, 0.1) is 5.92 Å². The highest BCUT2D eigenvalue weighted by molar-refractivity contribution is 7.18. The average molecular weight is 448 g/mol. The summed E-state index contributed by atoms with van der Waals surface area (Å²) < 4.78 is 6.71. The number of ether oxygens (including phenoxy) is 1. The fourth-order valence-electron chi connectivity index (χ4n) is 4.78. The molecule has 3 aromatic rings. The summed E-state index contributed by atoms with van der Waals surface area (Å²) in [6.07, 6.45) is 6.00. The van der Waals surface area contributed by atoms with Crippen molar-refractivity contribution in [3.63, 3.8) is 0 Å². The molecule has 1 aliphatic heterocycles. The first-order valence-corrected chi connectivity index (χ1v) is 12.2. The Bertz CT molecular complexity index is 1090. The number of carbonyl (C=O) groups is 1. The molecule has 2 aliphatic rings. The van der Waals surface area contributed by atoms with Gasteiger partial charge in [-0.2, -0.15) is 0 Å². The van der Waals surface area contributed by atoms with Gasteiger partial charge in [0.05, 0.1) is 34.4 Å². The van der Waals surface area contributed by atoms with Crippen molar-refractivity contribution in [2.75, 3.05) is 38.3 Å². The van der Waals surface area contributed by atoms with Gasteiger partial charge in [-0.25, -0.2) is 4.98 Å². The molecule has 2 heterocycles. The lowest BCUT2D eigenvalue weighted by atomic mass is 9.82. The van der Waals surface area contributed by atoms with E-state index >= 15 is 0 Å². The number of hydrogen-bond acceptors (Lipinski definition) is 5. The van der Waals surface area contributed by atoms with Crippen LogP contribution in [0.3, 0.4) is 0 Å². The highest BCUT2D eigenvalue weighted by Gasteiger charge is 2.34. The van der Waals surface area contributed by atoms with Crippen LogP contribution in [0.1, 0.15) is 29.3 Å². The minimum absolute atomic E-state index is 0.0684.